The van der Waals surface area contributed by atoms with Crippen molar-refractivity contribution in [3.8, 4) is 5.75 Å². The summed E-state index contributed by atoms with van der Waals surface area (Å²) in [6.07, 6.45) is 1.05. The molecule has 0 spiro atoms. The Morgan fingerprint density at radius 1 is 1.24 bits per heavy atom. The summed E-state index contributed by atoms with van der Waals surface area (Å²) in [5.41, 5.74) is 5.78. The average Bonchev–Trinajstić information content (AvgIpc) is 3.06. The molecule has 1 aliphatic heterocycles. The van der Waals surface area contributed by atoms with Gasteiger partial charge in [-0.05, 0) is 44.0 Å². The first-order valence-corrected chi connectivity index (χ1v) is 11.2. The molecular weight excluding hydrogens is 416 g/mol. The molecule has 0 unspecified atom stereocenters. The number of amides is 2. The summed E-state index contributed by atoms with van der Waals surface area (Å²) in [5, 5.41) is 0.119. The van der Waals surface area contributed by atoms with Crippen LogP contribution in [0.1, 0.15) is 28.2 Å². The maximum atomic E-state index is 12.8. The number of hydrogen-bond acceptors (Lipinski definition) is 7. The summed E-state index contributed by atoms with van der Waals surface area (Å²) in [5.74, 6) is -0.241. The third-order valence-corrected chi connectivity index (χ3v) is 7.31. The van der Waals surface area contributed by atoms with E-state index in [2.05, 4.69) is 9.71 Å². The molecule has 0 bridgehead atoms. The molecule has 29 heavy (non-hydrogen) atoms. The van der Waals surface area contributed by atoms with Crippen LogP contribution < -0.4 is 15.2 Å². The molecule has 1 aromatic heterocycles. The maximum absolute atomic E-state index is 12.8. The van der Waals surface area contributed by atoms with E-state index in [1.54, 1.807) is 24.0 Å². The summed E-state index contributed by atoms with van der Waals surface area (Å²) in [6, 6.07) is 5.95. The number of nitrogens with one attached hydrogen (secondary N) is 1. The van der Waals surface area contributed by atoms with E-state index in [-0.39, 0.29) is 27.8 Å². The van der Waals surface area contributed by atoms with Crippen molar-refractivity contribution >= 4 is 38.3 Å². The summed E-state index contributed by atoms with van der Waals surface area (Å²) in [6.45, 7) is 2.51. The molecular formula is C18H22N4O5S2. The molecule has 2 aromatic rings. The summed E-state index contributed by atoms with van der Waals surface area (Å²) in [4.78, 5) is 30.4. The number of anilines is 1. The van der Waals surface area contributed by atoms with Gasteiger partial charge in [-0.2, -0.15) is 0 Å². The molecule has 1 saturated heterocycles. The van der Waals surface area contributed by atoms with Crippen LogP contribution in [0.15, 0.2) is 29.2 Å². The second-order valence-corrected chi connectivity index (χ2v) is 9.36. The zero-order valence-electron chi connectivity index (χ0n) is 16.0. The number of aryl methyl sites for hydroxylation is 1. The largest absolute Gasteiger partial charge is 0.497 e. The SMILES string of the molecule is COc1ccc(S(=O)(=O)Nc2nc(C)c(C(=O)N3CCC(C(N)=O)CC3)s2)cc1. The van der Waals surface area contributed by atoms with Crippen LogP contribution in [0.25, 0.3) is 0 Å². The molecule has 3 rings (SSSR count). The Balaban J connectivity index is 1.72. The van der Waals surface area contributed by atoms with E-state index in [4.69, 9.17) is 10.5 Å². The first kappa shape index (κ1) is 21.1. The number of ether oxygens (including phenoxy) is 1. The zero-order valence-corrected chi connectivity index (χ0v) is 17.7. The number of nitrogens with two attached hydrogens (primary N) is 1. The van der Waals surface area contributed by atoms with Gasteiger partial charge >= 0.3 is 0 Å². The summed E-state index contributed by atoms with van der Waals surface area (Å²) in [7, 11) is -2.35. The Labute approximate surface area is 172 Å². The van der Waals surface area contributed by atoms with Gasteiger partial charge in [0.2, 0.25) is 5.91 Å². The van der Waals surface area contributed by atoms with Gasteiger partial charge in [-0.15, -0.1) is 0 Å². The van der Waals surface area contributed by atoms with E-state index in [9.17, 15) is 18.0 Å². The van der Waals surface area contributed by atoms with Gasteiger partial charge in [-0.1, -0.05) is 11.3 Å². The monoisotopic (exact) mass is 438 g/mol. The van der Waals surface area contributed by atoms with Gasteiger partial charge in [0.05, 0.1) is 17.7 Å². The number of piperidine rings is 1. The molecule has 9 nitrogen and oxygen atoms in total. The zero-order chi connectivity index (χ0) is 21.2. The van der Waals surface area contributed by atoms with Gasteiger partial charge in [-0.3, -0.25) is 14.3 Å². The fraction of sp³-hybridized carbons (Fsp3) is 0.389. The number of benzene rings is 1. The predicted molar refractivity (Wildman–Crippen MR) is 108 cm³/mol. The number of sulfonamides is 1. The lowest BCUT2D eigenvalue weighted by Gasteiger charge is -2.30. The molecule has 2 amide bonds. The number of carbonyl (C=O) groups excluding carboxylic acids is 2. The molecule has 11 heteroatoms. The number of methoxy groups -OCH3 is 1. The van der Waals surface area contributed by atoms with Crippen molar-refractivity contribution in [3.63, 3.8) is 0 Å². The predicted octanol–water partition coefficient (Wildman–Crippen LogP) is 1.60. The van der Waals surface area contributed by atoms with Gasteiger partial charge in [0.15, 0.2) is 5.13 Å². The molecule has 2 heterocycles. The minimum Gasteiger partial charge on any atom is -0.497 e. The van der Waals surface area contributed by atoms with E-state index < -0.39 is 10.0 Å². The van der Waals surface area contributed by atoms with Crippen LogP contribution in [0.4, 0.5) is 5.13 Å². The standard InChI is InChI=1S/C18H22N4O5S2/c1-11-15(17(24)22-9-7-12(8-10-22)16(19)23)28-18(20-11)21-29(25,26)14-5-3-13(27-2)4-6-14/h3-6,12H,7-10H2,1-2H3,(H2,19,23)(H,20,21). The Kier molecular flexibility index (Phi) is 6.08. The Bertz CT molecular complexity index is 1010. The van der Waals surface area contributed by atoms with Crippen molar-refractivity contribution in [2.24, 2.45) is 11.7 Å². The smallest absolute Gasteiger partial charge is 0.265 e. The minimum absolute atomic E-state index is 0.0625. The van der Waals surface area contributed by atoms with Crippen molar-refractivity contribution in [2.75, 3.05) is 24.9 Å². The van der Waals surface area contributed by atoms with Crippen LogP contribution in [0.3, 0.4) is 0 Å². The molecule has 3 N–H and O–H groups in total. The quantitative estimate of drug-likeness (QED) is 0.704. The van der Waals surface area contributed by atoms with Crippen LogP contribution >= 0.6 is 11.3 Å². The molecule has 1 aromatic carbocycles. The Morgan fingerprint density at radius 3 is 2.41 bits per heavy atom. The molecule has 1 aliphatic rings. The molecule has 0 radical (unpaired) electrons. The molecule has 0 aliphatic carbocycles. The van der Waals surface area contributed by atoms with Gasteiger partial charge < -0.3 is 15.4 Å². The van der Waals surface area contributed by atoms with Gasteiger partial charge in [0.25, 0.3) is 15.9 Å². The van der Waals surface area contributed by atoms with Gasteiger partial charge in [0.1, 0.15) is 10.6 Å². The lowest BCUT2D eigenvalue weighted by Crippen LogP contribution is -2.41. The van der Waals surface area contributed by atoms with Crippen LogP contribution in [-0.2, 0) is 14.8 Å². The molecule has 0 atom stereocenters. The number of primary amides is 1. The lowest BCUT2D eigenvalue weighted by molar-refractivity contribution is -0.123. The molecule has 156 valence electrons. The third kappa shape index (κ3) is 4.67. The van der Waals surface area contributed by atoms with Crippen molar-refractivity contribution in [3.05, 3.63) is 34.8 Å². The summed E-state index contributed by atoms with van der Waals surface area (Å²) >= 11 is 0.989. The van der Waals surface area contributed by atoms with Crippen molar-refractivity contribution < 1.29 is 22.7 Å². The fourth-order valence-corrected chi connectivity index (χ4v) is 5.25. The number of hydrogen-bond donors (Lipinski definition) is 2. The second-order valence-electron chi connectivity index (χ2n) is 6.68. The topological polar surface area (TPSA) is 132 Å². The number of rotatable bonds is 6. The number of carbonyl (C=O) groups is 2. The van der Waals surface area contributed by atoms with E-state index in [0.29, 0.717) is 42.3 Å². The third-order valence-electron chi connectivity index (χ3n) is 4.77. The molecule has 1 fully saturated rings. The second kappa shape index (κ2) is 8.37. The van der Waals surface area contributed by atoms with E-state index in [1.807, 2.05) is 0 Å². The van der Waals surface area contributed by atoms with Crippen LogP contribution in [0.5, 0.6) is 5.75 Å². The van der Waals surface area contributed by atoms with Crippen molar-refractivity contribution in [1.82, 2.24) is 9.88 Å². The van der Waals surface area contributed by atoms with Crippen molar-refractivity contribution in [2.45, 2.75) is 24.7 Å². The van der Waals surface area contributed by atoms with E-state index >= 15 is 0 Å². The van der Waals surface area contributed by atoms with Gasteiger partial charge in [0, 0.05) is 19.0 Å². The van der Waals surface area contributed by atoms with Crippen LogP contribution in [0, 0.1) is 12.8 Å². The first-order valence-electron chi connectivity index (χ1n) is 8.94. The highest BCUT2D eigenvalue weighted by Crippen LogP contribution is 2.28. The Hall–Kier alpha value is -2.66. The van der Waals surface area contributed by atoms with Crippen molar-refractivity contribution in [1.29, 1.82) is 0 Å². The number of nitrogens with zero attached hydrogens (tertiary/aromatic N) is 2. The van der Waals surface area contributed by atoms with Gasteiger partial charge in [-0.25, -0.2) is 13.4 Å². The average molecular weight is 439 g/mol. The van der Waals surface area contributed by atoms with Crippen LogP contribution in [-0.4, -0.2) is 50.3 Å². The lowest BCUT2D eigenvalue weighted by atomic mass is 9.96. The van der Waals surface area contributed by atoms with E-state index in [1.165, 1.54) is 19.2 Å². The normalized spacial score (nSPS) is 15.2. The number of likely N-dealkylation sites (tertiary alicyclic amines) is 1. The highest BCUT2D eigenvalue weighted by atomic mass is 32.2. The minimum atomic E-state index is -3.84. The van der Waals surface area contributed by atoms with Crippen LogP contribution in [0.2, 0.25) is 0 Å². The highest BCUT2D eigenvalue weighted by Gasteiger charge is 2.29. The first-order chi connectivity index (χ1) is 13.7. The fourth-order valence-electron chi connectivity index (χ4n) is 3.08. The Morgan fingerprint density at radius 2 is 1.86 bits per heavy atom. The maximum Gasteiger partial charge on any atom is 0.265 e. The number of aromatic nitrogens is 1. The molecule has 0 saturated carbocycles. The highest BCUT2D eigenvalue weighted by molar-refractivity contribution is 7.93. The number of thiazole rings is 1. The summed E-state index contributed by atoms with van der Waals surface area (Å²) < 4.78 is 32.6. The van der Waals surface area contributed by atoms with E-state index in [0.717, 1.165) is 11.3 Å².